The minimum absolute atomic E-state index is 0.0988. The number of amides is 3. The highest BCUT2D eigenvalue weighted by Crippen LogP contribution is 2.24. The molecule has 7 nitrogen and oxygen atoms in total. The van der Waals surface area contributed by atoms with Gasteiger partial charge in [-0.3, -0.25) is 14.4 Å². The van der Waals surface area contributed by atoms with Gasteiger partial charge in [-0.1, -0.05) is 36.4 Å². The first-order valence-electron chi connectivity index (χ1n) is 8.99. The average molecular weight is 383 g/mol. The molecule has 0 aliphatic heterocycles. The number of carbonyl (C=O) groups excluding carboxylic acids is 3. The first kappa shape index (κ1) is 21.0. The van der Waals surface area contributed by atoms with Crippen molar-refractivity contribution < 1.29 is 19.1 Å². The van der Waals surface area contributed by atoms with E-state index in [9.17, 15) is 14.4 Å². The maximum atomic E-state index is 12.0. The van der Waals surface area contributed by atoms with E-state index in [1.807, 2.05) is 43.3 Å². The predicted octanol–water partition coefficient (Wildman–Crippen LogP) is 1.81. The molecule has 0 atom stereocenters. The van der Waals surface area contributed by atoms with E-state index in [0.29, 0.717) is 11.4 Å². The molecule has 0 bridgehead atoms. The van der Waals surface area contributed by atoms with Crippen LogP contribution in [0, 0.1) is 6.92 Å². The molecular formula is C21H25N3O4. The Morgan fingerprint density at radius 2 is 1.68 bits per heavy atom. The van der Waals surface area contributed by atoms with E-state index in [0.717, 1.165) is 11.1 Å². The quantitative estimate of drug-likeness (QED) is 0.615. The molecule has 28 heavy (non-hydrogen) atoms. The molecule has 0 fully saturated rings. The number of aryl methyl sites for hydroxylation is 1. The molecule has 148 valence electrons. The van der Waals surface area contributed by atoms with Gasteiger partial charge in [0, 0.05) is 13.0 Å². The van der Waals surface area contributed by atoms with Crippen LogP contribution in [-0.4, -0.2) is 37.9 Å². The fourth-order valence-corrected chi connectivity index (χ4v) is 2.54. The van der Waals surface area contributed by atoms with E-state index < -0.39 is 0 Å². The lowest BCUT2D eigenvalue weighted by Gasteiger charge is -2.11. The van der Waals surface area contributed by atoms with Crippen LogP contribution in [0.3, 0.4) is 0 Å². The summed E-state index contributed by atoms with van der Waals surface area (Å²) in [5.74, 6) is -0.272. The molecular weight excluding hydrogens is 358 g/mol. The second-order valence-electron chi connectivity index (χ2n) is 6.29. The van der Waals surface area contributed by atoms with Crippen LogP contribution in [0.15, 0.2) is 48.5 Å². The van der Waals surface area contributed by atoms with Gasteiger partial charge in [0.05, 0.1) is 25.8 Å². The van der Waals surface area contributed by atoms with E-state index in [1.165, 1.54) is 7.11 Å². The Balaban J connectivity index is 1.67. The fraction of sp³-hybridized carbons (Fsp3) is 0.286. The molecule has 3 N–H and O–H groups in total. The number of anilines is 1. The number of hydrogen-bond donors (Lipinski definition) is 3. The number of methoxy groups -OCH3 is 1. The molecule has 0 aliphatic carbocycles. The van der Waals surface area contributed by atoms with Crippen LogP contribution in [0.2, 0.25) is 0 Å². The molecule has 2 aromatic rings. The summed E-state index contributed by atoms with van der Waals surface area (Å²) in [5.41, 5.74) is 2.44. The Morgan fingerprint density at radius 3 is 2.39 bits per heavy atom. The van der Waals surface area contributed by atoms with E-state index in [-0.39, 0.29) is 43.7 Å². The van der Waals surface area contributed by atoms with Crippen LogP contribution in [0.25, 0.3) is 0 Å². The lowest BCUT2D eigenvalue weighted by Crippen LogP contribution is -2.35. The average Bonchev–Trinajstić information content (AvgIpc) is 2.67. The van der Waals surface area contributed by atoms with Crippen molar-refractivity contribution in [2.45, 2.75) is 19.8 Å². The number of nitrogens with one attached hydrogen (secondary N) is 3. The molecule has 3 amide bonds. The summed E-state index contributed by atoms with van der Waals surface area (Å²) in [6, 6.07) is 14.8. The van der Waals surface area contributed by atoms with Crippen molar-refractivity contribution in [3.63, 3.8) is 0 Å². The Morgan fingerprint density at radius 1 is 0.929 bits per heavy atom. The highest BCUT2D eigenvalue weighted by molar-refractivity contribution is 5.95. The Kier molecular flexibility index (Phi) is 8.02. The van der Waals surface area contributed by atoms with Gasteiger partial charge in [0.1, 0.15) is 5.75 Å². The Hall–Kier alpha value is -3.35. The van der Waals surface area contributed by atoms with Crippen molar-refractivity contribution in [1.82, 2.24) is 10.6 Å². The van der Waals surface area contributed by atoms with E-state index >= 15 is 0 Å². The van der Waals surface area contributed by atoms with Crippen LogP contribution >= 0.6 is 0 Å². The van der Waals surface area contributed by atoms with Gasteiger partial charge in [-0.15, -0.1) is 0 Å². The molecule has 0 aliphatic rings. The second kappa shape index (κ2) is 10.7. The molecule has 0 saturated carbocycles. The lowest BCUT2D eigenvalue weighted by molar-refractivity contribution is -0.124. The molecule has 0 aromatic heterocycles. The van der Waals surface area contributed by atoms with Crippen molar-refractivity contribution in [2.75, 3.05) is 25.5 Å². The molecule has 0 radical (unpaired) electrons. The zero-order valence-corrected chi connectivity index (χ0v) is 16.1. The van der Waals surface area contributed by atoms with Crippen LogP contribution in [0.1, 0.15) is 17.5 Å². The van der Waals surface area contributed by atoms with Gasteiger partial charge in [-0.2, -0.15) is 0 Å². The van der Waals surface area contributed by atoms with Crippen molar-refractivity contribution in [3.8, 4) is 5.75 Å². The van der Waals surface area contributed by atoms with Crippen molar-refractivity contribution >= 4 is 23.4 Å². The van der Waals surface area contributed by atoms with Crippen molar-refractivity contribution in [3.05, 3.63) is 59.7 Å². The Labute approximate surface area is 164 Å². The smallest absolute Gasteiger partial charge is 0.243 e. The second-order valence-corrected chi connectivity index (χ2v) is 6.29. The van der Waals surface area contributed by atoms with E-state index in [4.69, 9.17) is 4.74 Å². The largest absolute Gasteiger partial charge is 0.495 e. The molecule has 0 spiro atoms. The van der Waals surface area contributed by atoms with Gasteiger partial charge in [0.2, 0.25) is 17.7 Å². The Bertz CT molecular complexity index is 822. The third kappa shape index (κ3) is 7.11. The predicted molar refractivity (Wildman–Crippen MR) is 107 cm³/mol. The van der Waals surface area contributed by atoms with Crippen molar-refractivity contribution in [2.24, 2.45) is 0 Å². The zero-order valence-electron chi connectivity index (χ0n) is 16.1. The van der Waals surface area contributed by atoms with E-state index in [1.54, 1.807) is 12.1 Å². The summed E-state index contributed by atoms with van der Waals surface area (Å²) in [6.45, 7) is 1.96. The summed E-state index contributed by atoms with van der Waals surface area (Å²) in [7, 11) is 1.52. The summed E-state index contributed by atoms with van der Waals surface area (Å²) in [4.78, 5) is 35.7. The molecule has 7 heteroatoms. The number of ether oxygens (including phenoxy) is 1. The van der Waals surface area contributed by atoms with Crippen LogP contribution < -0.4 is 20.7 Å². The van der Waals surface area contributed by atoms with Gasteiger partial charge in [-0.25, -0.2) is 0 Å². The highest BCUT2D eigenvalue weighted by Gasteiger charge is 2.10. The zero-order chi connectivity index (χ0) is 20.4. The van der Waals surface area contributed by atoms with Gasteiger partial charge in [-0.05, 0) is 30.2 Å². The summed E-state index contributed by atoms with van der Waals surface area (Å²) < 4.78 is 5.20. The number of carbonyl (C=O) groups is 3. The van der Waals surface area contributed by atoms with Crippen LogP contribution in [0.5, 0.6) is 5.75 Å². The van der Waals surface area contributed by atoms with Crippen LogP contribution in [0.4, 0.5) is 5.69 Å². The van der Waals surface area contributed by atoms with Crippen molar-refractivity contribution in [1.29, 1.82) is 0 Å². The fourth-order valence-electron chi connectivity index (χ4n) is 2.54. The number of hydrogen-bond acceptors (Lipinski definition) is 4. The molecule has 2 aromatic carbocycles. The SMILES string of the molecule is COc1ccc(C)cc1NC(=O)CNC(=O)CCNC(=O)Cc1ccccc1. The molecule has 0 unspecified atom stereocenters. The lowest BCUT2D eigenvalue weighted by atomic mass is 10.1. The minimum Gasteiger partial charge on any atom is -0.495 e. The molecule has 0 saturated heterocycles. The normalized spacial score (nSPS) is 10.1. The third-order valence-electron chi connectivity index (χ3n) is 3.96. The number of benzene rings is 2. The van der Waals surface area contributed by atoms with Gasteiger partial charge >= 0.3 is 0 Å². The third-order valence-corrected chi connectivity index (χ3v) is 3.96. The van der Waals surface area contributed by atoms with E-state index in [2.05, 4.69) is 16.0 Å². The topological polar surface area (TPSA) is 96.5 Å². The number of rotatable bonds is 9. The first-order chi connectivity index (χ1) is 13.5. The van der Waals surface area contributed by atoms with Gasteiger partial charge in [0.15, 0.2) is 0 Å². The minimum atomic E-state index is -0.356. The standard InChI is InChI=1S/C21H25N3O4/c1-15-8-9-18(28-2)17(12-15)24-21(27)14-23-19(25)10-11-22-20(26)13-16-6-4-3-5-7-16/h3-9,12H,10-11,13-14H2,1-2H3,(H,22,26)(H,23,25)(H,24,27). The molecule has 2 rings (SSSR count). The van der Waals surface area contributed by atoms with Gasteiger partial charge in [0.25, 0.3) is 0 Å². The maximum absolute atomic E-state index is 12.0. The molecule has 0 heterocycles. The highest BCUT2D eigenvalue weighted by atomic mass is 16.5. The first-order valence-corrected chi connectivity index (χ1v) is 8.99. The van der Waals surface area contributed by atoms with Gasteiger partial charge < -0.3 is 20.7 Å². The monoisotopic (exact) mass is 383 g/mol. The summed E-state index contributed by atoms with van der Waals surface area (Å²) >= 11 is 0. The van der Waals surface area contributed by atoms with Crippen LogP contribution in [-0.2, 0) is 20.8 Å². The maximum Gasteiger partial charge on any atom is 0.243 e. The summed E-state index contributed by atoms with van der Waals surface area (Å²) in [5, 5.41) is 7.94. The summed E-state index contributed by atoms with van der Waals surface area (Å²) in [6.07, 6.45) is 0.366.